The van der Waals surface area contributed by atoms with Crippen molar-refractivity contribution >= 4 is 40.1 Å². The van der Waals surface area contributed by atoms with Crippen LogP contribution in [-0.4, -0.2) is 20.9 Å². The molecule has 1 heterocycles. The number of nitrogens with zero attached hydrogens (tertiary/aromatic N) is 2. The number of halogens is 4. The van der Waals surface area contributed by atoms with Gasteiger partial charge in [0.05, 0.1) is 28.8 Å². The molecule has 0 aliphatic carbocycles. The first kappa shape index (κ1) is 15.7. The number of benzene rings is 2. The smallest absolute Gasteiger partial charge is 0.338 e. The first-order valence-corrected chi connectivity index (χ1v) is 7.15. The molecule has 0 saturated heterocycles. The summed E-state index contributed by atoms with van der Waals surface area (Å²) in [5.41, 5.74) is -0.0886. The maximum Gasteiger partial charge on any atom is 0.338 e. The van der Waals surface area contributed by atoms with Gasteiger partial charge in [-0.1, -0.05) is 35.3 Å². The normalized spacial score (nSPS) is 11.1. The zero-order valence-electron chi connectivity index (χ0n) is 11.4. The molecule has 0 unspecified atom stereocenters. The molecule has 3 aromatic rings. The highest BCUT2D eigenvalue weighted by Crippen LogP contribution is 2.32. The number of aromatic carboxylic acids is 1. The van der Waals surface area contributed by atoms with E-state index in [4.69, 9.17) is 28.3 Å². The minimum Gasteiger partial charge on any atom is -0.478 e. The Morgan fingerprint density at radius 1 is 1.26 bits per heavy atom. The van der Waals surface area contributed by atoms with Crippen molar-refractivity contribution in [3.63, 3.8) is 0 Å². The van der Waals surface area contributed by atoms with E-state index in [2.05, 4.69) is 5.10 Å². The highest BCUT2D eigenvalue weighted by Gasteiger charge is 2.18. The summed E-state index contributed by atoms with van der Waals surface area (Å²) >= 11 is 11.7. The molecule has 118 valence electrons. The second-order valence-electron chi connectivity index (χ2n) is 4.81. The standard InChI is InChI=1S/C15H8Cl2F2N2O2/c16-10-4-8-5-20-21(14(8)11(17)13(10)19)6-7-2-1-3-9(12(7)18)15(22)23/h1-5H,6H2,(H,22,23). The van der Waals surface area contributed by atoms with Gasteiger partial charge in [-0.15, -0.1) is 0 Å². The Labute approximate surface area is 138 Å². The van der Waals surface area contributed by atoms with E-state index in [0.717, 1.165) is 6.07 Å². The van der Waals surface area contributed by atoms with E-state index in [-0.39, 0.29) is 27.7 Å². The number of carbonyl (C=O) groups is 1. The topological polar surface area (TPSA) is 55.1 Å². The molecule has 8 heteroatoms. The van der Waals surface area contributed by atoms with E-state index in [0.29, 0.717) is 5.39 Å². The molecule has 0 atom stereocenters. The maximum absolute atomic E-state index is 14.2. The molecular formula is C15H8Cl2F2N2O2. The third-order valence-corrected chi connectivity index (χ3v) is 4.01. The Hall–Kier alpha value is -2.18. The number of carboxylic acids is 1. The summed E-state index contributed by atoms with van der Waals surface area (Å²) in [5.74, 6) is -3.03. The largest absolute Gasteiger partial charge is 0.478 e. The summed E-state index contributed by atoms with van der Waals surface area (Å²) in [4.78, 5) is 11.0. The number of carboxylic acid groups (broad SMARTS) is 1. The summed E-state index contributed by atoms with van der Waals surface area (Å²) in [5, 5.41) is 13.1. The van der Waals surface area contributed by atoms with E-state index in [1.54, 1.807) is 0 Å². The monoisotopic (exact) mass is 356 g/mol. The van der Waals surface area contributed by atoms with E-state index in [9.17, 15) is 13.6 Å². The average Bonchev–Trinajstić information content (AvgIpc) is 2.89. The van der Waals surface area contributed by atoms with Crippen molar-refractivity contribution in [3.05, 3.63) is 63.3 Å². The van der Waals surface area contributed by atoms with Crippen LogP contribution < -0.4 is 0 Å². The second-order valence-corrected chi connectivity index (χ2v) is 5.60. The lowest BCUT2D eigenvalue weighted by atomic mass is 10.1. The van der Waals surface area contributed by atoms with Crippen LogP contribution >= 0.6 is 23.2 Å². The molecule has 1 aromatic heterocycles. The molecule has 0 aliphatic heterocycles. The zero-order valence-corrected chi connectivity index (χ0v) is 12.9. The average molecular weight is 357 g/mol. The predicted octanol–water partition coefficient (Wildman–Crippen LogP) is 4.37. The van der Waals surface area contributed by atoms with Crippen molar-refractivity contribution in [2.24, 2.45) is 0 Å². The first-order valence-electron chi connectivity index (χ1n) is 6.40. The van der Waals surface area contributed by atoms with Gasteiger partial charge < -0.3 is 5.11 Å². The molecule has 0 saturated carbocycles. The Morgan fingerprint density at radius 2 is 2.00 bits per heavy atom. The Bertz CT molecular complexity index is 941. The van der Waals surface area contributed by atoms with Gasteiger partial charge in [-0.05, 0) is 12.1 Å². The highest BCUT2D eigenvalue weighted by molar-refractivity contribution is 6.38. The molecule has 0 bridgehead atoms. The van der Waals surface area contributed by atoms with Gasteiger partial charge in [-0.25, -0.2) is 13.6 Å². The number of hydrogen-bond acceptors (Lipinski definition) is 2. The summed E-state index contributed by atoms with van der Waals surface area (Å²) in [6.45, 7) is -0.1000. The van der Waals surface area contributed by atoms with Crippen LogP contribution in [0.15, 0.2) is 30.5 Å². The summed E-state index contributed by atoms with van der Waals surface area (Å²) in [7, 11) is 0. The summed E-state index contributed by atoms with van der Waals surface area (Å²) in [6.07, 6.45) is 1.42. The van der Waals surface area contributed by atoms with Gasteiger partial charge in [0.25, 0.3) is 0 Å². The minimum atomic E-state index is -1.37. The first-order chi connectivity index (χ1) is 10.9. The molecule has 0 radical (unpaired) electrons. The van der Waals surface area contributed by atoms with Gasteiger partial charge in [0.1, 0.15) is 10.8 Å². The predicted molar refractivity (Wildman–Crippen MR) is 82.2 cm³/mol. The molecule has 4 nitrogen and oxygen atoms in total. The fourth-order valence-electron chi connectivity index (χ4n) is 2.30. The second kappa shape index (κ2) is 5.79. The van der Waals surface area contributed by atoms with Crippen molar-refractivity contribution in [1.82, 2.24) is 9.78 Å². The number of fused-ring (bicyclic) bond motifs is 1. The van der Waals surface area contributed by atoms with E-state index in [1.807, 2.05) is 0 Å². The fourth-order valence-corrected chi connectivity index (χ4v) is 2.87. The van der Waals surface area contributed by atoms with Crippen LogP contribution in [0.1, 0.15) is 15.9 Å². The van der Waals surface area contributed by atoms with Gasteiger partial charge in [-0.3, -0.25) is 4.68 Å². The molecule has 0 aliphatic rings. The van der Waals surface area contributed by atoms with Crippen LogP contribution in [0.25, 0.3) is 10.9 Å². The van der Waals surface area contributed by atoms with Crippen molar-refractivity contribution in [1.29, 1.82) is 0 Å². The van der Waals surface area contributed by atoms with Gasteiger partial charge in [-0.2, -0.15) is 5.10 Å². The van der Waals surface area contributed by atoms with E-state index in [1.165, 1.54) is 29.1 Å². The third-order valence-electron chi connectivity index (χ3n) is 3.39. The van der Waals surface area contributed by atoms with Crippen molar-refractivity contribution in [2.75, 3.05) is 0 Å². The van der Waals surface area contributed by atoms with Crippen LogP contribution in [0, 0.1) is 11.6 Å². The highest BCUT2D eigenvalue weighted by atomic mass is 35.5. The minimum absolute atomic E-state index is 0.0984. The number of aromatic nitrogens is 2. The van der Waals surface area contributed by atoms with Crippen LogP contribution in [0.2, 0.25) is 10.0 Å². The maximum atomic E-state index is 14.2. The van der Waals surface area contributed by atoms with Crippen molar-refractivity contribution in [2.45, 2.75) is 6.54 Å². The Kier molecular flexibility index (Phi) is 3.95. The molecule has 23 heavy (non-hydrogen) atoms. The molecule has 2 aromatic carbocycles. The van der Waals surface area contributed by atoms with Gasteiger partial charge >= 0.3 is 5.97 Å². The Morgan fingerprint density at radius 3 is 2.70 bits per heavy atom. The quantitative estimate of drug-likeness (QED) is 0.709. The zero-order chi connectivity index (χ0) is 16.7. The Balaban J connectivity index is 2.12. The number of rotatable bonds is 3. The fraction of sp³-hybridized carbons (Fsp3) is 0.0667. The summed E-state index contributed by atoms with van der Waals surface area (Å²) in [6, 6.07) is 5.38. The lowest BCUT2D eigenvalue weighted by molar-refractivity contribution is 0.0691. The van der Waals surface area contributed by atoms with E-state index >= 15 is 0 Å². The van der Waals surface area contributed by atoms with E-state index < -0.39 is 23.2 Å². The van der Waals surface area contributed by atoms with Crippen LogP contribution in [0.3, 0.4) is 0 Å². The SMILES string of the molecule is O=C(O)c1cccc(Cn2ncc3cc(Cl)c(F)c(Cl)c32)c1F. The summed E-state index contributed by atoms with van der Waals surface area (Å²) < 4.78 is 29.4. The van der Waals surface area contributed by atoms with Gasteiger partial charge in [0.15, 0.2) is 5.82 Å². The van der Waals surface area contributed by atoms with Crippen molar-refractivity contribution < 1.29 is 18.7 Å². The van der Waals surface area contributed by atoms with Crippen molar-refractivity contribution in [3.8, 4) is 0 Å². The molecule has 0 spiro atoms. The van der Waals surface area contributed by atoms with Crippen LogP contribution in [0.5, 0.6) is 0 Å². The molecule has 0 fully saturated rings. The molecular weight excluding hydrogens is 349 g/mol. The van der Waals surface area contributed by atoms with Crippen LogP contribution in [0.4, 0.5) is 8.78 Å². The molecule has 3 rings (SSSR count). The lowest BCUT2D eigenvalue weighted by Gasteiger charge is -2.09. The van der Waals surface area contributed by atoms with Gasteiger partial charge in [0, 0.05) is 10.9 Å². The third kappa shape index (κ3) is 2.64. The molecule has 1 N–H and O–H groups in total. The number of hydrogen-bond donors (Lipinski definition) is 1. The lowest BCUT2D eigenvalue weighted by Crippen LogP contribution is -2.08. The van der Waals surface area contributed by atoms with Gasteiger partial charge in [0.2, 0.25) is 0 Å². The molecule has 0 amide bonds. The van der Waals surface area contributed by atoms with Crippen LogP contribution in [-0.2, 0) is 6.54 Å².